The van der Waals surface area contributed by atoms with E-state index < -0.39 is 0 Å². The highest BCUT2D eigenvalue weighted by Crippen LogP contribution is 2.30. The van der Waals surface area contributed by atoms with Gasteiger partial charge in [-0.1, -0.05) is 22.0 Å². The number of benzene rings is 1. The Kier molecular flexibility index (Phi) is 3.83. The highest BCUT2D eigenvalue weighted by Gasteiger charge is 2.33. The van der Waals surface area contributed by atoms with Crippen LogP contribution in [0.4, 0.5) is 0 Å². The molecule has 3 nitrogen and oxygen atoms in total. The highest BCUT2D eigenvalue weighted by atomic mass is 79.9. The van der Waals surface area contributed by atoms with E-state index in [2.05, 4.69) is 20.9 Å². The minimum absolute atomic E-state index is 0.102. The molecule has 1 amide bonds. The summed E-state index contributed by atoms with van der Waals surface area (Å²) in [5.74, 6) is 0.102. The van der Waals surface area contributed by atoms with Gasteiger partial charge in [0.05, 0.1) is 0 Å². The largest absolute Gasteiger partial charge is 0.331 e. The van der Waals surface area contributed by atoms with E-state index in [1.807, 2.05) is 41.3 Å². The quantitative estimate of drug-likeness (QED) is 0.857. The fraction of sp³-hybridized carbons (Fsp3) is 0.250. The summed E-state index contributed by atoms with van der Waals surface area (Å²) in [4.78, 5) is 18.7. The number of aromatic nitrogens is 1. The topological polar surface area (TPSA) is 33.2 Å². The van der Waals surface area contributed by atoms with Crippen LogP contribution in [-0.2, 0) is 6.54 Å². The Labute approximate surface area is 126 Å². The average Bonchev–Trinajstić information content (AvgIpc) is 3.30. The van der Waals surface area contributed by atoms with Crippen molar-refractivity contribution >= 4 is 21.8 Å². The molecule has 0 spiro atoms. The fourth-order valence-corrected chi connectivity index (χ4v) is 2.62. The van der Waals surface area contributed by atoms with Gasteiger partial charge in [0.25, 0.3) is 5.91 Å². The average molecular weight is 331 g/mol. The Hall–Kier alpha value is -1.68. The van der Waals surface area contributed by atoms with Gasteiger partial charge in [-0.15, -0.1) is 0 Å². The predicted octanol–water partition coefficient (Wildman–Crippen LogP) is 3.65. The summed E-state index contributed by atoms with van der Waals surface area (Å²) in [6.07, 6.45) is 5.74. The van der Waals surface area contributed by atoms with Crippen LogP contribution in [0.2, 0.25) is 0 Å². The van der Waals surface area contributed by atoms with Crippen LogP contribution in [-0.4, -0.2) is 21.8 Å². The number of halogens is 1. The number of carbonyl (C=O) groups is 1. The maximum Gasteiger partial charge on any atom is 0.254 e. The molecule has 3 rings (SSSR count). The van der Waals surface area contributed by atoms with Gasteiger partial charge in [-0.25, -0.2) is 0 Å². The zero-order valence-corrected chi connectivity index (χ0v) is 12.6. The minimum Gasteiger partial charge on any atom is -0.331 e. The molecule has 0 radical (unpaired) electrons. The molecule has 0 atom stereocenters. The third-order valence-electron chi connectivity index (χ3n) is 3.42. The van der Waals surface area contributed by atoms with Crippen LogP contribution >= 0.6 is 15.9 Å². The molecule has 1 aliphatic rings. The number of carbonyl (C=O) groups excluding carboxylic acids is 1. The van der Waals surface area contributed by atoms with Gasteiger partial charge in [0, 0.05) is 35.0 Å². The van der Waals surface area contributed by atoms with Crippen molar-refractivity contribution in [1.82, 2.24) is 9.88 Å². The first-order chi connectivity index (χ1) is 9.74. The van der Waals surface area contributed by atoms with Gasteiger partial charge in [-0.3, -0.25) is 9.78 Å². The summed E-state index contributed by atoms with van der Waals surface area (Å²) in [5.41, 5.74) is 1.86. The maximum absolute atomic E-state index is 12.7. The maximum atomic E-state index is 12.7. The van der Waals surface area contributed by atoms with Gasteiger partial charge in [0.15, 0.2) is 0 Å². The second kappa shape index (κ2) is 5.75. The van der Waals surface area contributed by atoms with E-state index in [0.29, 0.717) is 12.6 Å². The number of hydrogen-bond donors (Lipinski definition) is 0. The number of pyridine rings is 1. The molecule has 1 aromatic carbocycles. The van der Waals surface area contributed by atoms with Crippen LogP contribution in [0, 0.1) is 0 Å². The molecular weight excluding hydrogens is 316 g/mol. The smallest absolute Gasteiger partial charge is 0.254 e. The number of nitrogens with zero attached hydrogens (tertiary/aromatic N) is 2. The lowest BCUT2D eigenvalue weighted by molar-refractivity contribution is 0.0730. The van der Waals surface area contributed by atoms with E-state index in [4.69, 9.17) is 0 Å². The molecule has 0 saturated heterocycles. The van der Waals surface area contributed by atoms with Crippen molar-refractivity contribution in [1.29, 1.82) is 0 Å². The van der Waals surface area contributed by atoms with E-state index in [9.17, 15) is 4.79 Å². The SMILES string of the molecule is O=C(c1cccc(Br)c1)N(Cc1ccncc1)C1CC1. The molecule has 4 heteroatoms. The number of rotatable bonds is 4. The molecule has 1 fully saturated rings. The zero-order valence-electron chi connectivity index (χ0n) is 11.0. The van der Waals surface area contributed by atoms with Gasteiger partial charge >= 0.3 is 0 Å². The lowest BCUT2D eigenvalue weighted by atomic mass is 10.1. The lowest BCUT2D eigenvalue weighted by Gasteiger charge is -2.22. The summed E-state index contributed by atoms with van der Waals surface area (Å²) in [5, 5.41) is 0. The van der Waals surface area contributed by atoms with Crippen LogP contribution in [0.5, 0.6) is 0 Å². The molecule has 0 aliphatic heterocycles. The molecule has 1 aliphatic carbocycles. The highest BCUT2D eigenvalue weighted by molar-refractivity contribution is 9.10. The van der Waals surface area contributed by atoms with Crippen molar-refractivity contribution in [3.8, 4) is 0 Å². The molecule has 0 bridgehead atoms. The molecule has 0 N–H and O–H groups in total. The number of amides is 1. The van der Waals surface area contributed by atoms with E-state index in [0.717, 1.165) is 28.4 Å². The zero-order chi connectivity index (χ0) is 13.9. The molecule has 20 heavy (non-hydrogen) atoms. The van der Waals surface area contributed by atoms with E-state index in [1.165, 1.54) is 0 Å². The van der Waals surface area contributed by atoms with Crippen LogP contribution in [0.3, 0.4) is 0 Å². The Morgan fingerprint density at radius 1 is 1.25 bits per heavy atom. The van der Waals surface area contributed by atoms with Gasteiger partial charge in [0.1, 0.15) is 0 Å². The summed E-state index contributed by atoms with van der Waals surface area (Å²) in [7, 11) is 0. The number of hydrogen-bond acceptors (Lipinski definition) is 2. The van der Waals surface area contributed by atoms with Crippen LogP contribution in [0.15, 0.2) is 53.3 Å². The van der Waals surface area contributed by atoms with E-state index >= 15 is 0 Å². The van der Waals surface area contributed by atoms with E-state index in [1.54, 1.807) is 12.4 Å². The Morgan fingerprint density at radius 2 is 2.00 bits per heavy atom. The minimum atomic E-state index is 0.102. The molecule has 1 saturated carbocycles. The van der Waals surface area contributed by atoms with Gasteiger partial charge in [0.2, 0.25) is 0 Å². The molecule has 2 aromatic rings. The van der Waals surface area contributed by atoms with Crippen LogP contribution in [0.25, 0.3) is 0 Å². The van der Waals surface area contributed by atoms with Crippen molar-refractivity contribution < 1.29 is 4.79 Å². The van der Waals surface area contributed by atoms with E-state index in [-0.39, 0.29) is 5.91 Å². The standard InChI is InChI=1S/C16H15BrN2O/c17-14-3-1-2-13(10-14)16(20)19(15-4-5-15)11-12-6-8-18-9-7-12/h1-3,6-10,15H,4-5,11H2. The van der Waals surface area contributed by atoms with Gasteiger partial charge in [-0.2, -0.15) is 0 Å². The molecular formula is C16H15BrN2O. The van der Waals surface area contributed by atoms with Crippen LogP contribution in [0.1, 0.15) is 28.8 Å². The van der Waals surface area contributed by atoms with Crippen molar-refractivity contribution in [2.24, 2.45) is 0 Å². The normalized spacial score (nSPS) is 14.1. The first kappa shape index (κ1) is 13.3. The fourth-order valence-electron chi connectivity index (χ4n) is 2.23. The van der Waals surface area contributed by atoms with Gasteiger partial charge < -0.3 is 4.90 Å². The molecule has 102 valence electrons. The lowest BCUT2D eigenvalue weighted by Crippen LogP contribution is -2.32. The second-order valence-electron chi connectivity index (χ2n) is 5.03. The Morgan fingerprint density at radius 3 is 2.65 bits per heavy atom. The summed E-state index contributed by atoms with van der Waals surface area (Å²) >= 11 is 3.42. The summed E-state index contributed by atoms with van der Waals surface area (Å²) in [6, 6.07) is 11.9. The third kappa shape index (κ3) is 3.07. The van der Waals surface area contributed by atoms with Crippen LogP contribution < -0.4 is 0 Å². The van der Waals surface area contributed by atoms with Crippen molar-refractivity contribution in [3.63, 3.8) is 0 Å². The Bertz CT molecular complexity index is 611. The summed E-state index contributed by atoms with van der Waals surface area (Å²) < 4.78 is 0.933. The van der Waals surface area contributed by atoms with Crippen molar-refractivity contribution in [2.75, 3.05) is 0 Å². The third-order valence-corrected chi connectivity index (χ3v) is 3.92. The second-order valence-corrected chi connectivity index (χ2v) is 5.95. The molecule has 0 unspecified atom stereocenters. The first-order valence-electron chi connectivity index (χ1n) is 6.69. The first-order valence-corrected chi connectivity index (χ1v) is 7.49. The van der Waals surface area contributed by atoms with Gasteiger partial charge in [-0.05, 0) is 48.7 Å². The van der Waals surface area contributed by atoms with Crippen molar-refractivity contribution in [3.05, 3.63) is 64.4 Å². The molecule has 1 heterocycles. The predicted molar refractivity (Wildman–Crippen MR) is 81.3 cm³/mol. The van der Waals surface area contributed by atoms with Crippen molar-refractivity contribution in [2.45, 2.75) is 25.4 Å². The molecule has 1 aromatic heterocycles. The Balaban J connectivity index is 1.82. The monoisotopic (exact) mass is 330 g/mol. The summed E-state index contributed by atoms with van der Waals surface area (Å²) in [6.45, 7) is 0.651.